The van der Waals surface area contributed by atoms with E-state index in [1.165, 1.54) is 0 Å². The van der Waals surface area contributed by atoms with Crippen LogP contribution in [0.15, 0.2) is 18.2 Å². The molecular weight excluding hydrogens is 262 g/mol. The van der Waals surface area contributed by atoms with Crippen LogP contribution in [0.1, 0.15) is 10.4 Å². The predicted molar refractivity (Wildman–Crippen MR) is 64.8 cm³/mol. The topological polar surface area (TPSA) is 46.2 Å². The predicted octanol–water partition coefficient (Wildman–Crippen LogP) is 2.87. The number of aliphatic hydroxyl groups excluding tert-OH is 1. The Hall–Kier alpha value is -0.580. The van der Waals surface area contributed by atoms with Gasteiger partial charge in [-0.1, -0.05) is 28.1 Å². The largest absolute Gasteiger partial charge is 0.398 e. The Balaban J connectivity index is 2.79. The molecular formula is C10H10BrNOS. The number of anilines is 1. The number of hydrogen-bond acceptors (Lipinski definition) is 3. The molecule has 0 saturated heterocycles. The molecule has 4 heteroatoms. The third kappa shape index (κ3) is 1.43. The number of thiophene rings is 1. The van der Waals surface area contributed by atoms with Crippen LogP contribution < -0.4 is 5.73 Å². The summed E-state index contributed by atoms with van der Waals surface area (Å²) in [6.45, 7) is 0.0738. The Bertz CT molecular complexity index is 466. The number of benzene rings is 1. The molecule has 14 heavy (non-hydrogen) atoms. The quantitative estimate of drug-likeness (QED) is 0.652. The van der Waals surface area contributed by atoms with E-state index in [0.29, 0.717) is 0 Å². The SMILES string of the molecule is Nc1cccc2c(CO)c(CBr)sc12. The zero-order chi connectivity index (χ0) is 10.1. The van der Waals surface area contributed by atoms with Crippen LogP contribution in [0.25, 0.3) is 10.1 Å². The molecule has 1 heterocycles. The summed E-state index contributed by atoms with van der Waals surface area (Å²) in [5, 5.41) is 11.1. The van der Waals surface area contributed by atoms with Crippen molar-refractivity contribution in [1.82, 2.24) is 0 Å². The third-order valence-corrected chi connectivity index (χ3v) is 4.44. The van der Waals surface area contributed by atoms with Gasteiger partial charge < -0.3 is 10.8 Å². The smallest absolute Gasteiger partial charge is 0.0699 e. The van der Waals surface area contributed by atoms with Gasteiger partial charge >= 0.3 is 0 Å². The standard InChI is InChI=1S/C10H10BrNOS/c11-4-9-7(5-13)6-2-1-3-8(12)10(6)14-9/h1-3,13H,4-5,12H2. The number of fused-ring (bicyclic) bond motifs is 1. The molecule has 2 nitrogen and oxygen atoms in total. The van der Waals surface area contributed by atoms with Crippen molar-refractivity contribution in [3.63, 3.8) is 0 Å². The van der Waals surface area contributed by atoms with Gasteiger partial charge in [0, 0.05) is 26.8 Å². The van der Waals surface area contributed by atoms with E-state index < -0.39 is 0 Å². The second-order valence-electron chi connectivity index (χ2n) is 3.02. The molecule has 0 atom stereocenters. The van der Waals surface area contributed by atoms with E-state index in [0.717, 1.165) is 31.5 Å². The minimum atomic E-state index is 0.0738. The highest BCUT2D eigenvalue weighted by Gasteiger charge is 2.11. The summed E-state index contributed by atoms with van der Waals surface area (Å²) in [5.41, 5.74) is 7.64. The minimum absolute atomic E-state index is 0.0738. The second-order valence-corrected chi connectivity index (χ2v) is 4.69. The Morgan fingerprint density at radius 3 is 2.86 bits per heavy atom. The van der Waals surface area contributed by atoms with Gasteiger partial charge in [0.15, 0.2) is 0 Å². The van der Waals surface area contributed by atoms with Crippen molar-refractivity contribution in [2.75, 3.05) is 5.73 Å². The molecule has 2 aromatic rings. The van der Waals surface area contributed by atoms with Gasteiger partial charge in [-0.05, 0) is 6.07 Å². The maximum absolute atomic E-state index is 9.27. The van der Waals surface area contributed by atoms with Crippen LogP contribution in [0.2, 0.25) is 0 Å². The van der Waals surface area contributed by atoms with Crippen LogP contribution >= 0.6 is 27.3 Å². The van der Waals surface area contributed by atoms with Crippen LogP contribution in [-0.2, 0) is 11.9 Å². The molecule has 0 aliphatic carbocycles. The Kier molecular flexibility index (Phi) is 2.76. The summed E-state index contributed by atoms with van der Waals surface area (Å²) in [6, 6.07) is 5.81. The van der Waals surface area contributed by atoms with Crippen LogP contribution in [0, 0.1) is 0 Å². The number of halogens is 1. The normalized spacial score (nSPS) is 11.0. The van der Waals surface area contributed by atoms with Crippen LogP contribution in [0.5, 0.6) is 0 Å². The van der Waals surface area contributed by atoms with E-state index in [1.54, 1.807) is 11.3 Å². The van der Waals surface area contributed by atoms with Crippen LogP contribution in [0.4, 0.5) is 5.69 Å². The van der Waals surface area contributed by atoms with Gasteiger partial charge in [0.1, 0.15) is 0 Å². The average Bonchev–Trinajstić information content (AvgIpc) is 2.57. The molecule has 0 aliphatic rings. The second kappa shape index (κ2) is 3.88. The van der Waals surface area contributed by atoms with Crippen molar-refractivity contribution in [3.8, 4) is 0 Å². The van der Waals surface area contributed by atoms with Crippen LogP contribution in [0.3, 0.4) is 0 Å². The maximum atomic E-state index is 9.27. The molecule has 0 spiro atoms. The molecule has 0 radical (unpaired) electrons. The Morgan fingerprint density at radius 1 is 1.43 bits per heavy atom. The number of nitrogens with two attached hydrogens (primary N) is 1. The number of nitrogen functional groups attached to an aromatic ring is 1. The molecule has 0 unspecified atom stereocenters. The van der Waals surface area contributed by atoms with Gasteiger partial charge in [0.05, 0.1) is 11.3 Å². The molecule has 2 rings (SSSR count). The van der Waals surface area contributed by atoms with Gasteiger partial charge in [-0.3, -0.25) is 0 Å². The summed E-state index contributed by atoms with van der Waals surface area (Å²) >= 11 is 5.05. The van der Waals surface area contributed by atoms with Gasteiger partial charge in [-0.15, -0.1) is 11.3 Å². The first kappa shape index (κ1) is 9.96. The van der Waals surface area contributed by atoms with Crippen molar-refractivity contribution < 1.29 is 5.11 Å². The molecule has 0 bridgehead atoms. The van der Waals surface area contributed by atoms with Crippen molar-refractivity contribution in [2.45, 2.75) is 11.9 Å². The summed E-state index contributed by atoms with van der Waals surface area (Å²) in [7, 11) is 0. The fourth-order valence-electron chi connectivity index (χ4n) is 1.52. The average molecular weight is 272 g/mol. The monoisotopic (exact) mass is 271 g/mol. The first-order valence-corrected chi connectivity index (χ1v) is 6.17. The van der Waals surface area contributed by atoms with Crippen molar-refractivity contribution in [1.29, 1.82) is 0 Å². The fraction of sp³-hybridized carbons (Fsp3) is 0.200. The summed E-state index contributed by atoms with van der Waals surface area (Å²) in [4.78, 5) is 1.15. The van der Waals surface area contributed by atoms with E-state index in [-0.39, 0.29) is 6.61 Å². The number of aliphatic hydroxyl groups is 1. The van der Waals surface area contributed by atoms with Gasteiger partial charge in [0.2, 0.25) is 0 Å². The lowest BCUT2D eigenvalue weighted by Crippen LogP contribution is -1.86. The highest BCUT2D eigenvalue weighted by Crippen LogP contribution is 2.36. The summed E-state index contributed by atoms with van der Waals surface area (Å²) < 4.78 is 1.08. The minimum Gasteiger partial charge on any atom is -0.398 e. The van der Waals surface area contributed by atoms with Crippen molar-refractivity contribution >= 4 is 43.0 Å². The lowest BCUT2D eigenvalue weighted by molar-refractivity contribution is 0.283. The highest BCUT2D eigenvalue weighted by atomic mass is 79.9. The molecule has 3 N–H and O–H groups in total. The zero-order valence-electron chi connectivity index (χ0n) is 7.46. The van der Waals surface area contributed by atoms with E-state index in [9.17, 15) is 5.11 Å². The van der Waals surface area contributed by atoms with E-state index in [2.05, 4.69) is 15.9 Å². The first-order valence-electron chi connectivity index (χ1n) is 4.23. The highest BCUT2D eigenvalue weighted by molar-refractivity contribution is 9.08. The summed E-state index contributed by atoms with van der Waals surface area (Å²) in [5.74, 6) is 0. The lowest BCUT2D eigenvalue weighted by Gasteiger charge is -1.97. The van der Waals surface area contributed by atoms with Gasteiger partial charge in [-0.2, -0.15) is 0 Å². The third-order valence-electron chi connectivity index (χ3n) is 2.21. The summed E-state index contributed by atoms with van der Waals surface area (Å²) in [6.07, 6.45) is 0. The Labute approximate surface area is 94.5 Å². The molecule has 0 amide bonds. The molecule has 0 aliphatic heterocycles. The number of alkyl halides is 1. The molecule has 1 aromatic heterocycles. The van der Waals surface area contributed by atoms with Crippen molar-refractivity contribution in [2.24, 2.45) is 0 Å². The number of rotatable bonds is 2. The molecule has 0 saturated carbocycles. The van der Waals surface area contributed by atoms with Crippen molar-refractivity contribution in [3.05, 3.63) is 28.6 Å². The fourth-order valence-corrected chi connectivity index (χ4v) is 3.29. The lowest BCUT2D eigenvalue weighted by atomic mass is 10.1. The number of hydrogen-bond donors (Lipinski definition) is 2. The van der Waals surface area contributed by atoms with E-state index in [1.807, 2.05) is 18.2 Å². The molecule has 0 fully saturated rings. The molecule has 74 valence electrons. The van der Waals surface area contributed by atoms with E-state index in [4.69, 9.17) is 5.73 Å². The van der Waals surface area contributed by atoms with Gasteiger partial charge in [0.25, 0.3) is 0 Å². The molecule has 1 aromatic carbocycles. The Morgan fingerprint density at radius 2 is 2.21 bits per heavy atom. The maximum Gasteiger partial charge on any atom is 0.0699 e. The first-order chi connectivity index (χ1) is 6.77. The zero-order valence-corrected chi connectivity index (χ0v) is 9.86. The van der Waals surface area contributed by atoms with Gasteiger partial charge in [-0.25, -0.2) is 0 Å². The van der Waals surface area contributed by atoms with E-state index >= 15 is 0 Å². The van der Waals surface area contributed by atoms with Crippen LogP contribution in [-0.4, -0.2) is 5.11 Å².